The molecule has 34 heavy (non-hydrogen) atoms. The Hall–Kier alpha value is -3.15. The topological polar surface area (TPSA) is 52.7 Å². The van der Waals surface area contributed by atoms with Crippen LogP contribution in [-0.4, -0.2) is 46.4 Å². The standard InChI is InChI=1S/C28H28ClN3O2/c29-24-13-11-23(12-14-24)26(33)31-17-15-28(16-18-31)30-25(19-21-7-3-1-4-8-21)27(34)32(28)20-22-9-5-2-6-10-22/h1-14,25,30H,15-20H2/t25-/m1/s1. The van der Waals surface area contributed by atoms with Crippen molar-refractivity contribution in [2.45, 2.75) is 37.5 Å². The third-order valence-corrected chi connectivity index (χ3v) is 7.21. The Bertz CT molecular complexity index is 1140. The zero-order valence-corrected chi connectivity index (χ0v) is 19.7. The molecule has 5 nitrogen and oxygen atoms in total. The van der Waals surface area contributed by atoms with Gasteiger partial charge in [-0.3, -0.25) is 14.9 Å². The predicted octanol–water partition coefficient (Wildman–Crippen LogP) is 4.52. The zero-order chi connectivity index (χ0) is 23.5. The van der Waals surface area contributed by atoms with Crippen LogP contribution >= 0.6 is 11.6 Å². The lowest BCUT2D eigenvalue weighted by atomic mass is 9.94. The lowest BCUT2D eigenvalue weighted by Crippen LogP contribution is -2.59. The number of rotatable bonds is 5. The number of nitrogens with one attached hydrogen (secondary N) is 1. The van der Waals surface area contributed by atoms with Crippen LogP contribution in [0.1, 0.15) is 34.3 Å². The highest BCUT2D eigenvalue weighted by Crippen LogP contribution is 2.35. The van der Waals surface area contributed by atoms with Crippen molar-refractivity contribution in [3.05, 3.63) is 107 Å². The Labute approximate surface area is 205 Å². The van der Waals surface area contributed by atoms with Crippen molar-refractivity contribution >= 4 is 23.4 Å². The van der Waals surface area contributed by atoms with Gasteiger partial charge in [0.25, 0.3) is 5.91 Å². The van der Waals surface area contributed by atoms with Crippen molar-refractivity contribution in [3.8, 4) is 0 Å². The molecule has 3 aromatic carbocycles. The molecule has 0 aromatic heterocycles. The highest BCUT2D eigenvalue weighted by molar-refractivity contribution is 6.30. The third-order valence-electron chi connectivity index (χ3n) is 6.96. The van der Waals surface area contributed by atoms with Crippen LogP contribution in [0.15, 0.2) is 84.9 Å². The van der Waals surface area contributed by atoms with E-state index in [1.165, 1.54) is 0 Å². The number of hydrogen-bond acceptors (Lipinski definition) is 3. The quantitative estimate of drug-likeness (QED) is 0.593. The van der Waals surface area contributed by atoms with Crippen LogP contribution < -0.4 is 5.32 Å². The van der Waals surface area contributed by atoms with Crippen LogP contribution in [0.5, 0.6) is 0 Å². The van der Waals surface area contributed by atoms with Gasteiger partial charge in [0.2, 0.25) is 5.91 Å². The van der Waals surface area contributed by atoms with Crippen LogP contribution in [-0.2, 0) is 17.8 Å². The fourth-order valence-corrected chi connectivity index (χ4v) is 5.24. The van der Waals surface area contributed by atoms with Crippen LogP contribution in [0.3, 0.4) is 0 Å². The van der Waals surface area contributed by atoms with Gasteiger partial charge in [-0.2, -0.15) is 0 Å². The van der Waals surface area contributed by atoms with E-state index >= 15 is 0 Å². The summed E-state index contributed by atoms with van der Waals surface area (Å²) in [6.45, 7) is 1.74. The molecule has 174 valence electrons. The highest BCUT2D eigenvalue weighted by Gasteiger charge is 2.51. The fraction of sp³-hybridized carbons (Fsp3) is 0.286. The first-order valence-electron chi connectivity index (χ1n) is 11.8. The number of piperidine rings is 1. The second kappa shape index (κ2) is 9.61. The largest absolute Gasteiger partial charge is 0.338 e. The van der Waals surface area contributed by atoms with Crippen molar-refractivity contribution < 1.29 is 9.59 Å². The van der Waals surface area contributed by atoms with Crippen molar-refractivity contribution in [3.63, 3.8) is 0 Å². The first-order valence-corrected chi connectivity index (χ1v) is 12.1. The Kier molecular flexibility index (Phi) is 6.40. The van der Waals surface area contributed by atoms with Gasteiger partial charge >= 0.3 is 0 Å². The maximum Gasteiger partial charge on any atom is 0.253 e. The number of carbonyl (C=O) groups excluding carboxylic acids is 2. The van der Waals surface area contributed by atoms with Gasteiger partial charge in [0.05, 0.1) is 11.7 Å². The zero-order valence-electron chi connectivity index (χ0n) is 19.0. The monoisotopic (exact) mass is 473 g/mol. The van der Waals surface area contributed by atoms with Gasteiger partial charge in [0, 0.05) is 43.1 Å². The maximum atomic E-state index is 13.6. The minimum absolute atomic E-state index is 0.00582. The number of carbonyl (C=O) groups is 2. The highest BCUT2D eigenvalue weighted by atomic mass is 35.5. The van der Waals surface area contributed by atoms with Crippen LogP contribution in [0.25, 0.3) is 0 Å². The molecule has 6 heteroatoms. The predicted molar refractivity (Wildman–Crippen MR) is 133 cm³/mol. The molecule has 2 fully saturated rings. The van der Waals surface area contributed by atoms with Crippen molar-refractivity contribution in [1.82, 2.24) is 15.1 Å². The number of amides is 2. The van der Waals surface area contributed by atoms with E-state index in [4.69, 9.17) is 11.6 Å². The van der Waals surface area contributed by atoms with E-state index in [1.54, 1.807) is 24.3 Å². The molecule has 0 unspecified atom stereocenters. The van der Waals surface area contributed by atoms with E-state index in [9.17, 15) is 9.59 Å². The minimum Gasteiger partial charge on any atom is -0.338 e. The summed E-state index contributed by atoms with van der Waals surface area (Å²) in [5, 5.41) is 4.32. The SMILES string of the molecule is O=C(c1ccc(Cl)cc1)N1CCC2(CC1)N[C@H](Cc1ccccc1)C(=O)N2Cc1ccccc1. The summed E-state index contributed by atoms with van der Waals surface area (Å²) in [5.74, 6) is 0.136. The smallest absolute Gasteiger partial charge is 0.253 e. The molecular formula is C28H28ClN3O2. The second-order valence-corrected chi connectivity index (χ2v) is 9.56. The molecule has 1 spiro atoms. The molecule has 5 rings (SSSR count). The second-order valence-electron chi connectivity index (χ2n) is 9.13. The van der Waals surface area contributed by atoms with Gasteiger partial charge in [0.15, 0.2) is 0 Å². The van der Waals surface area contributed by atoms with Crippen molar-refractivity contribution in [1.29, 1.82) is 0 Å². The van der Waals surface area contributed by atoms with Crippen LogP contribution in [0.4, 0.5) is 0 Å². The molecule has 0 aliphatic carbocycles. The van der Waals surface area contributed by atoms with E-state index in [0.29, 0.717) is 49.5 Å². The van der Waals surface area contributed by atoms with E-state index in [-0.39, 0.29) is 17.9 Å². The molecule has 2 aliphatic rings. The number of hydrogen-bond donors (Lipinski definition) is 1. The summed E-state index contributed by atoms with van der Waals surface area (Å²) in [7, 11) is 0. The van der Waals surface area contributed by atoms with Gasteiger partial charge in [-0.25, -0.2) is 0 Å². The van der Waals surface area contributed by atoms with Gasteiger partial charge in [-0.05, 0) is 41.8 Å². The minimum atomic E-state index is -0.455. The molecule has 2 amide bonds. The Morgan fingerprint density at radius 2 is 1.47 bits per heavy atom. The summed E-state index contributed by atoms with van der Waals surface area (Å²) < 4.78 is 0. The molecule has 0 radical (unpaired) electrons. The van der Waals surface area contributed by atoms with Crippen LogP contribution in [0, 0.1) is 0 Å². The molecule has 1 atom stereocenters. The first kappa shape index (κ1) is 22.6. The molecule has 2 heterocycles. The summed E-state index contributed by atoms with van der Waals surface area (Å²) in [4.78, 5) is 30.6. The van der Waals surface area contributed by atoms with Crippen molar-refractivity contribution in [2.75, 3.05) is 13.1 Å². The normalized spacial score (nSPS) is 19.6. The van der Waals surface area contributed by atoms with Gasteiger partial charge in [-0.1, -0.05) is 72.3 Å². The Morgan fingerprint density at radius 3 is 2.09 bits per heavy atom. The average Bonchev–Trinajstić information content (AvgIpc) is 3.11. The van der Waals surface area contributed by atoms with E-state index in [0.717, 1.165) is 11.1 Å². The lowest BCUT2D eigenvalue weighted by molar-refractivity contribution is -0.134. The van der Waals surface area contributed by atoms with Gasteiger partial charge in [-0.15, -0.1) is 0 Å². The summed E-state index contributed by atoms with van der Waals surface area (Å²) >= 11 is 5.98. The lowest BCUT2D eigenvalue weighted by Gasteiger charge is -2.44. The molecule has 1 N–H and O–H groups in total. The number of likely N-dealkylation sites (tertiary alicyclic amines) is 1. The number of benzene rings is 3. The number of halogens is 1. The molecule has 2 aliphatic heterocycles. The molecular weight excluding hydrogens is 446 g/mol. The average molecular weight is 474 g/mol. The third kappa shape index (κ3) is 4.59. The first-order chi connectivity index (χ1) is 16.5. The van der Waals surface area contributed by atoms with E-state index in [2.05, 4.69) is 29.6 Å². The molecule has 3 aromatic rings. The molecule has 0 bridgehead atoms. The van der Waals surface area contributed by atoms with Crippen molar-refractivity contribution in [2.24, 2.45) is 0 Å². The fourth-order valence-electron chi connectivity index (χ4n) is 5.12. The summed E-state index contributed by atoms with van der Waals surface area (Å²) in [6, 6.07) is 27.0. The van der Waals surface area contributed by atoms with Gasteiger partial charge in [0.1, 0.15) is 0 Å². The Balaban J connectivity index is 1.35. The van der Waals surface area contributed by atoms with E-state index in [1.807, 2.05) is 46.2 Å². The van der Waals surface area contributed by atoms with E-state index < -0.39 is 5.66 Å². The Morgan fingerprint density at radius 1 is 0.882 bits per heavy atom. The van der Waals surface area contributed by atoms with Gasteiger partial charge < -0.3 is 9.80 Å². The summed E-state index contributed by atoms with van der Waals surface area (Å²) in [6.07, 6.45) is 2.03. The molecule has 2 saturated heterocycles. The van der Waals surface area contributed by atoms with Crippen LogP contribution in [0.2, 0.25) is 5.02 Å². The maximum absolute atomic E-state index is 13.6. The summed E-state index contributed by atoms with van der Waals surface area (Å²) in [5.41, 5.74) is 2.43. The number of nitrogens with zero attached hydrogens (tertiary/aromatic N) is 2. The molecule has 0 saturated carbocycles.